The van der Waals surface area contributed by atoms with E-state index in [1.807, 2.05) is 0 Å². The van der Waals surface area contributed by atoms with Gasteiger partial charge in [-0.2, -0.15) is 0 Å². The summed E-state index contributed by atoms with van der Waals surface area (Å²) in [5, 5.41) is 0. The third-order valence-electron chi connectivity index (χ3n) is 6.01. The van der Waals surface area contributed by atoms with E-state index in [0.29, 0.717) is 0 Å². The van der Waals surface area contributed by atoms with Crippen molar-refractivity contribution in [2.75, 3.05) is 39.3 Å². The monoisotopic (exact) mass is 396 g/mol. The smallest absolute Gasteiger partial charge is 0.00187 e. The van der Waals surface area contributed by atoms with Crippen LogP contribution in [0.15, 0.2) is 0 Å². The molecule has 28 heavy (non-hydrogen) atoms. The Morgan fingerprint density at radius 1 is 0.286 bits per heavy atom. The van der Waals surface area contributed by atoms with Crippen molar-refractivity contribution in [3.8, 4) is 0 Å². The van der Waals surface area contributed by atoms with E-state index in [0.717, 1.165) is 0 Å². The molecule has 0 aromatic carbocycles. The van der Waals surface area contributed by atoms with E-state index in [-0.39, 0.29) is 0 Å². The average molecular weight is 397 g/mol. The summed E-state index contributed by atoms with van der Waals surface area (Å²) in [6, 6.07) is 0. The highest BCUT2D eigenvalue weighted by Gasteiger charge is 2.04. The second-order valence-corrected chi connectivity index (χ2v) is 8.93. The zero-order valence-electron chi connectivity index (χ0n) is 20.5. The average Bonchev–Trinajstić information content (AvgIpc) is 2.72. The maximum atomic E-state index is 2.72. The lowest BCUT2D eigenvalue weighted by atomic mass is 10.1. The molecule has 0 radical (unpaired) electrons. The topological polar surface area (TPSA) is 6.48 Å². The predicted molar refractivity (Wildman–Crippen MR) is 129 cm³/mol. The van der Waals surface area contributed by atoms with E-state index in [2.05, 4.69) is 37.5 Å². The second-order valence-electron chi connectivity index (χ2n) is 8.93. The number of hydrogen-bond acceptors (Lipinski definition) is 2. The van der Waals surface area contributed by atoms with Crippen LogP contribution in [0.1, 0.15) is 130 Å². The van der Waals surface area contributed by atoms with Gasteiger partial charge in [-0.1, -0.05) is 91.9 Å². The minimum absolute atomic E-state index is 1.32. The molecule has 0 rings (SSSR count). The molecular formula is C26H56N2. The van der Waals surface area contributed by atoms with Gasteiger partial charge in [-0.3, -0.25) is 0 Å². The quantitative estimate of drug-likeness (QED) is 0.162. The van der Waals surface area contributed by atoms with Gasteiger partial charge in [-0.15, -0.1) is 0 Å². The molecule has 0 spiro atoms. The van der Waals surface area contributed by atoms with Crippen molar-refractivity contribution in [2.24, 2.45) is 0 Å². The van der Waals surface area contributed by atoms with E-state index in [4.69, 9.17) is 0 Å². The Bertz CT molecular complexity index is 236. The minimum atomic E-state index is 1.32. The fraction of sp³-hybridized carbons (Fsp3) is 1.00. The van der Waals surface area contributed by atoms with Crippen LogP contribution in [-0.2, 0) is 0 Å². The number of hydrogen-bond donors (Lipinski definition) is 0. The normalized spacial score (nSPS) is 11.8. The standard InChI is InChI=1S/C26H56N2/c1-5-9-21-27(22-10-6-2)25-19-17-15-13-14-16-18-20-26-28(23-11-7-3)24-12-8-4/h5-26H2,1-4H3. The Hall–Kier alpha value is -0.0800. The highest BCUT2D eigenvalue weighted by atomic mass is 15.1. The van der Waals surface area contributed by atoms with Crippen molar-refractivity contribution in [3.05, 3.63) is 0 Å². The molecule has 0 aliphatic heterocycles. The Kier molecular flexibility index (Phi) is 23.1. The van der Waals surface area contributed by atoms with Crippen LogP contribution in [0.5, 0.6) is 0 Å². The van der Waals surface area contributed by atoms with Gasteiger partial charge in [0.1, 0.15) is 0 Å². The molecule has 0 saturated carbocycles. The van der Waals surface area contributed by atoms with E-state index >= 15 is 0 Å². The van der Waals surface area contributed by atoms with Crippen molar-refractivity contribution in [3.63, 3.8) is 0 Å². The van der Waals surface area contributed by atoms with Crippen LogP contribution in [0.25, 0.3) is 0 Å². The largest absolute Gasteiger partial charge is 0.303 e. The van der Waals surface area contributed by atoms with Gasteiger partial charge in [-0.25, -0.2) is 0 Å². The van der Waals surface area contributed by atoms with E-state index in [1.165, 1.54) is 142 Å². The number of nitrogens with zero attached hydrogens (tertiary/aromatic N) is 2. The molecule has 0 aliphatic carbocycles. The summed E-state index contributed by atoms with van der Waals surface area (Å²) < 4.78 is 0. The molecule has 0 bridgehead atoms. The Labute approximate surface area is 179 Å². The van der Waals surface area contributed by atoms with E-state index < -0.39 is 0 Å². The molecule has 0 saturated heterocycles. The molecule has 0 amide bonds. The van der Waals surface area contributed by atoms with Crippen LogP contribution in [0.2, 0.25) is 0 Å². The highest BCUT2D eigenvalue weighted by Crippen LogP contribution is 2.11. The zero-order chi connectivity index (χ0) is 20.7. The van der Waals surface area contributed by atoms with Gasteiger partial charge in [-0.05, 0) is 77.8 Å². The fourth-order valence-corrected chi connectivity index (χ4v) is 3.93. The van der Waals surface area contributed by atoms with Gasteiger partial charge in [0.25, 0.3) is 0 Å². The van der Waals surface area contributed by atoms with Crippen LogP contribution in [0.4, 0.5) is 0 Å². The molecular weight excluding hydrogens is 340 g/mol. The van der Waals surface area contributed by atoms with Crippen LogP contribution >= 0.6 is 0 Å². The molecule has 170 valence electrons. The van der Waals surface area contributed by atoms with Crippen LogP contribution in [0.3, 0.4) is 0 Å². The fourth-order valence-electron chi connectivity index (χ4n) is 3.93. The van der Waals surface area contributed by atoms with Gasteiger partial charge in [0.15, 0.2) is 0 Å². The maximum Gasteiger partial charge on any atom is -0.00187 e. The Morgan fingerprint density at radius 2 is 0.500 bits per heavy atom. The SMILES string of the molecule is CCCCN(CCCC)CCCCCCCCCCN(CCCC)CCCC. The summed E-state index contributed by atoms with van der Waals surface area (Å²) in [6.45, 7) is 17.2. The number of rotatable bonds is 23. The first kappa shape index (κ1) is 27.9. The third-order valence-corrected chi connectivity index (χ3v) is 6.01. The molecule has 0 fully saturated rings. The molecule has 0 N–H and O–H groups in total. The lowest BCUT2D eigenvalue weighted by Gasteiger charge is -2.22. The van der Waals surface area contributed by atoms with Gasteiger partial charge in [0, 0.05) is 0 Å². The van der Waals surface area contributed by atoms with Gasteiger partial charge in [0.05, 0.1) is 0 Å². The maximum absolute atomic E-state index is 2.72. The molecule has 0 aromatic heterocycles. The van der Waals surface area contributed by atoms with Gasteiger partial charge < -0.3 is 9.80 Å². The summed E-state index contributed by atoms with van der Waals surface area (Å²) >= 11 is 0. The van der Waals surface area contributed by atoms with E-state index in [9.17, 15) is 0 Å². The first-order valence-electron chi connectivity index (χ1n) is 13.2. The van der Waals surface area contributed by atoms with Crippen molar-refractivity contribution >= 4 is 0 Å². The summed E-state index contributed by atoms with van der Waals surface area (Å²) in [6.07, 6.45) is 22.3. The number of unbranched alkanes of at least 4 members (excludes halogenated alkanes) is 11. The minimum Gasteiger partial charge on any atom is -0.303 e. The molecule has 0 aliphatic rings. The summed E-state index contributed by atoms with van der Waals surface area (Å²) in [4.78, 5) is 5.44. The molecule has 2 nitrogen and oxygen atoms in total. The Balaban J connectivity index is 3.55. The van der Waals surface area contributed by atoms with E-state index in [1.54, 1.807) is 0 Å². The van der Waals surface area contributed by atoms with Crippen LogP contribution < -0.4 is 0 Å². The molecule has 0 unspecified atom stereocenters. The first-order chi connectivity index (χ1) is 13.8. The zero-order valence-corrected chi connectivity index (χ0v) is 20.5. The van der Waals surface area contributed by atoms with Crippen LogP contribution in [-0.4, -0.2) is 49.1 Å². The summed E-state index contributed by atoms with van der Waals surface area (Å²) in [7, 11) is 0. The lowest BCUT2D eigenvalue weighted by Crippen LogP contribution is -2.27. The molecule has 0 heterocycles. The lowest BCUT2D eigenvalue weighted by molar-refractivity contribution is 0.257. The first-order valence-corrected chi connectivity index (χ1v) is 13.2. The van der Waals surface area contributed by atoms with Gasteiger partial charge in [0.2, 0.25) is 0 Å². The van der Waals surface area contributed by atoms with Gasteiger partial charge >= 0.3 is 0 Å². The van der Waals surface area contributed by atoms with Crippen LogP contribution in [0, 0.1) is 0 Å². The van der Waals surface area contributed by atoms with Crippen molar-refractivity contribution in [2.45, 2.75) is 130 Å². The van der Waals surface area contributed by atoms with Crippen molar-refractivity contribution < 1.29 is 0 Å². The highest BCUT2D eigenvalue weighted by molar-refractivity contribution is 4.60. The van der Waals surface area contributed by atoms with Crippen molar-refractivity contribution in [1.82, 2.24) is 9.80 Å². The third kappa shape index (κ3) is 19.2. The van der Waals surface area contributed by atoms with Crippen molar-refractivity contribution in [1.29, 1.82) is 0 Å². The Morgan fingerprint density at radius 3 is 0.750 bits per heavy atom. The molecule has 0 aromatic rings. The summed E-state index contributed by atoms with van der Waals surface area (Å²) in [5.41, 5.74) is 0. The predicted octanol–water partition coefficient (Wildman–Crippen LogP) is 7.91. The molecule has 2 heteroatoms. The molecule has 0 atom stereocenters. The summed E-state index contributed by atoms with van der Waals surface area (Å²) in [5.74, 6) is 0. The second kappa shape index (κ2) is 23.2.